The van der Waals surface area contributed by atoms with Gasteiger partial charge in [-0.15, -0.1) is 0 Å². The summed E-state index contributed by atoms with van der Waals surface area (Å²) in [6, 6.07) is 0.0808. The summed E-state index contributed by atoms with van der Waals surface area (Å²) in [6.07, 6.45) is 4.08. The molecule has 1 unspecified atom stereocenters. The Morgan fingerprint density at radius 1 is 1.35 bits per heavy atom. The molecule has 0 aromatic rings. The van der Waals surface area contributed by atoms with E-state index in [2.05, 4.69) is 6.92 Å². The van der Waals surface area contributed by atoms with E-state index in [-0.39, 0.29) is 18.6 Å². The van der Waals surface area contributed by atoms with Crippen LogP contribution in [0.5, 0.6) is 0 Å². The molecule has 2 rings (SSSR count). The lowest BCUT2D eigenvalue weighted by Gasteiger charge is -2.35. The normalized spacial score (nSPS) is 24.5. The van der Waals surface area contributed by atoms with E-state index >= 15 is 0 Å². The number of carboxylic acid groups (broad SMARTS) is 1. The molecule has 0 bridgehead atoms. The summed E-state index contributed by atoms with van der Waals surface area (Å²) >= 11 is 0. The Balaban J connectivity index is 1.97. The number of nitrogens with zero attached hydrogens (tertiary/aromatic N) is 2. The van der Waals surface area contributed by atoms with Crippen LogP contribution in [0, 0.1) is 5.92 Å². The molecule has 5 nitrogen and oxygen atoms in total. The summed E-state index contributed by atoms with van der Waals surface area (Å²) in [5.74, 6) is -0.395. The zero-order valence-corrected chi connectivity index (χ0v) is 10.3. The van der Waals surface area contributed by atoms with Crippen LogP contribution in [0.1, 0.15) is 32.6 Å². The number of amides is 2. The molecule has 2 fully saturated rings. The molecule has 96 valence electrons. The maximum absolute atomic E-state index is 12.2. The van der Waals surface area contributed by atoms with Gasteiger partial charge in [0, 0.05) is 19.1 Å². The van der Waals surface area contributed by atoms with Crippen molar-refractivity contribution in [3.05, 3.63) is 0 Å². The van der Waals surface area contributed by atoms with E-state index in [1.54, 1.807) is 0 Å². The summed E-state index contributed by atoms with van der Waals surface area (Å²) in [7, 11) is 0. The highest BCUT2D eigenvalue weighted by molar-refractivity contribution is 5.80. The molecular formula is C12H20N2O3. The Labute approximate surface area is 101 Å². The maximum atomic E-state index is 12.2. The third kappa shape index (κ3) is 3.11. The average molecular weight is 240 g/mol. The number of carboxylic acids is 1. The Hall–Kier alpha value is -1.26. The van der Waals surface area contributed by atoms with Crippen LogP contribution in [-0.2, 0) is 4.79 Å². The van der Waals surface area contributed by atoms with Crippen LogP contribution in [0.4, 0.5) is 4.79 Å². The minimum Gasteiger partial charge on any atom is -0.480 e. The number of piperidine rings is 1. The zero-order valence-electron chi connectivity index (χ0n) is 10.3. The zero-order chi connectivity index (χ0) is 12.4. The predicted octanol–water partition coefficient (Wildman–Crippen LogP) is 1.39. The number of urea groups is 1. The van der Waals surface area contributed by atoms with Gasteiger partial charge >= 0.3 is 12.0 Å². The highest BCUT2D eigenvalue weighted by Crippen LogP contribution is 2.28. The molecule has 1 saturated carbocycles. The fraction of sp³-hybridized carbons (Fsp3) is 0.833. The van der Waals surface area contributed by atoms with Crippen molar-refractivity contribution in [2.75, 3.05) is 19.6 Å². The van der Waals surface area contributed by atoms with Crippen molar-refractivity contribution in [3.63, 3.8) is 0 Å². The van der Waals surface area contributed by atoms with E-state index in [9.17, 15) is 9.59 Å². The monoisotopic (exact) mass is 240 g/mol. The van der Waals surface area contributed by atoms with Crippen molar-refractivity contribution >= 4 is 12.0 Å². The van der Waals surface area contributed by atoms with Gasteiger partial charge in [-0.05, 0) is 31.6 Å². The molecule has 2 aliphatic rings. The third-order valence-corrected chi connectivity index (χ3v) is 3.47. The van der Waals surface area contributed by atoms with Gasteiger partial charge in [0.2, 0.25) is 0 Å². The third-order valence-electron chi connectivity index (χ3n) is 3.47. The SMILES string of the molecule is CC1CCCN(C(=O)N(CC(=O)O)C2CC2)C1. The first kappa shape index (κ1) is 12.2. The summed E-state index contributed by atoms with van der Waals surface area (Å²) in [5, 5.41) is 8.85. The van der Waals surface area contributed by atoms with Crippen LogP contribution >= 0.6 is 0 Å². The molecule has 1 N–H and O–H groups in total. The first-order valence-electron chi connectivity index (χ1n) is 6.35. The molecule has 1 aliphatic heterocycles. The number of likely N-dealkylation sites (tertiary alicyclic amines) is 1. The molecule has 1 atom stereocenters. The van der Waals surface area contributed by atoms with Gasteiger partial charge in [0.05, 0.1) is 0 Å². The minimum atomic E-state index is -0.921. The molecular weight excluding hydrogens is 220 g/mol. The second-order valence-electron chi connectivity index (χ2n) is 5.23. The number of rotatable bonds is 3. The Bertz CT molecular complexity index is 315. The molecule has 17 heavy (non-hydrogen) atoms. The van der Waals surface area contributed by atoms with Crippen LogP contribution in [0.25, 0.3) is 0 Å². The quantitative estimate of drug-likeness (QED) is 0.810. The van der Waals surface area contributed by atoms with Crippen molar-refractivity contribution in [1.29, 1.82) is 0 Å². The van der Waals surface area contributed by atoms with Crippen LogP contribution in [0.2, 0.25) is 0 Å². The molecule has 0 aromatic heterocycles. The molecule has 1 aliphatic carbocycles. The van der Waals surface area contributed by atoms with Gasteiger partial charge in [0.1, 0.15) is 6.54 Å². The van der Waals surface area contributed by atoms with Gasteiger partial charge in [-0.1, -0.05) is 6.92 Å². The van der Waals surface area contributed by atoms with Crippen molar-refractivity contribution in [2.24, 2.45) is 5.92 Å². The van der Waals surface area contributed by atoms with Crippen LogP contribution in [-0.4, -0.2) is 52.6 Å². The van der Waals surface area contributed by atoms with E-state index in [1.165, 1.54) is 4.90 Å². The van der Waals surface area contributed by atoms with Gasteiger partial charge in [0.15, 0.2) is 0 Å². The molecule has 2 amide bonds. The fourth-order valence-electron chi connectivity index (χ4n) is 2.43. The van der Waals surface area contributed by atoms with E-state index < -0.39 is 5.97 Å². The number of carbonyl (C=O) groups is 2. The van der Waals surface area contributed by atoms with Gasteiger partial charge in [-0.25, -0.2) is 4.79 Å². The Morgan fingerprint density at radius 2 is 2.06 bits per heavy atom. The molecule has 0 spiro atoms. The van der Waals surface area contributed by atoms with Crippen LogP contribution in [0.3, 0.4) is 0 Å². The van der Waals surface area contributed by atoms with Crippen LogP contribution in [0.15, 0.2) is 0 Å². The lowest BCUT2D eigenvalue weighted by molar-refractivity contribution is -0.137. The Morgan fingerprint density at radius 3 is 2.59 bits per heavy atom. The largest absolute Gasteiger partial charge is 0.480 e. The summed E-state index contributed by atoms with van der Waals surface area (Å²) in [5.41, 5.74) is 0. The topological polar surface area (TPSA) is 60.9 Å². The molecule has 0 aromatic carbocycles. The van der Waals surface area contributed by atoms with Crippen LogP contribution < -0.4 is 0 Å². The number of hydrogen-bond acceptors (Lipinski definition) is 2. The molecule has 1 heterocycles. The number of aliphatic carboxylic acids is 1. The first-order valence-corrected chi connectivity index (χ1v) is 6.35. The maximum Gasteiger partial charge on any atom is 0.323 e. The predicted molar refractivity (Wildman–Crippen MR) is 62.7 cm³/mol. The second kappa shape index (κ2) is 4.94. The summed E-state index contributed by atoms with van der Waals surface area (Å²) < 4.78 is 0. The van der Waals surface area contributed by atoms with Crippen molar-refractivity contribution in [3.8, 4) is 0 Å². The smallest absolute Gasteiger partial charge is 0.323 e. The van der Waals surface area contributed by atoms with Gasteiger partial charge in [-0.3, -0.25) is 4.79 Å². The highest BCUT2D eigenvalue weighted by Gasteiger charge is 2.36. The van der Waals surface area contributed by atoms with Crippen molar-refractivity contribution in [2.45, 2.75) is 38.6 Å². The number of carbonyl (C=O) groups excluding carboxylic acids is 1. The minimum absolute atomic E-state index is 0.0820. The fourth-order valence-corrected chi connectivity index (χ4v) is 2.43. The van der Waals surface area contributed by atoms with Gasteiger partial charge in [-0.2, -0.15) is 0 Å². The van der Waals surface area contributed by atoms with E-state index in [0.717, 1.165) is 38.8 Å². The van der Waals surface area contributed by atoms with Crippen molar-refractivity contribution in [1.82, 2.24) is 9.80 Å². The summed E-state index contributed by atoms with van der Waals surface area (Å²) in [6.45, 7) is 3.51. The van der Waals surface area contributed by atoms with Gasteiger partial charge in [0.25, 0.3) is 0 Å². The standard InChI is InChI=1S/C12H20N2O3/c1-9-3-2-6-13(7-9)12(17)14(8-11(15)16)10-4-5-10/h9-10H,2-8H2,1H3,(H,15,16). The number of hydrogen-bond donors (Lipinski definition) is 1. The lowest BCUT2D eigenvalue weighted by atomic mass is 10.0. The van der Waals surface area contributed by atoms with E-state index in [0.29, 0.717) is 5.92 Å². The van der Waals surface area contributed by atoms with E-state index in [1.807, 2.05) is 4.90 Å². The second-order valence-corrected chi connectivity index (χ2v) is 5.23. The first-order chi connectivity index (χ1) is 8.08. The molecule has 0 radical (unpaired) electrons. The molecule has 5 heteroatoms. The lowest BCUT2D eigenvalue weighted by Crippen LogP contribution is -2.49. The van der Waals surface area contributed by atoms with Crippen molar-refractivity contribution < 1.29 is 14.7 Å². The summed E-state index contributed by atoms with van der Waals surface area (Å²) in [4.78, 5) is 26.4. The average Bonchev–Trinajstić information content (AvgIpc) is 3.08. The van der Waals surface area contributed by atoms with E-state index in [4.69, 9.17) is 5.11 Å². The highest BCUT2D eigenvalue weighted by atomic mass is 16.4. The molecule has 1 saturated heterocycles. The Kier molecular flexibility index (Phi) is 3.54. The van der Waals surface area contributed by atoms with Gasteiger partial charge < -0.3 is 14.9 Å².